The molecule has 0 N–H and O–H groups in total. The number of benzene rings is 1. The predicted molar refractivity (Wildman–Crippen MR) is 72.4 cm³/mol. The van der Waals surface area contributed by atoms with Crippen molar-refractivity contribution < 1.29 is 9.66 Å². The zero-order valence-corrected chi connectivity index (χ0v) is 11.8. The summed E-state index contributed by atoms with van der Waals surface area (Å²) in [6, 6.07) is 7.51. The Labute approximate surface area is 122 Å². The number of aromatic nitrogens is 2. The van der Waals surface area contributed by atoms with Crippen molar-refractivity contribution in [2.75, 3.05) is 0 Å². The van der Waals surface area contributed by atoms with Crippen LogP contribution in [0.5, 0.6) is 11.8 Å². The fraction of sp³-hybridized carbons (Fsp3) is 0.0833. The number of hydrogen-bond acceptors (Lipinski definition) is 6. The van der Waals surface area contributed by atoms with Gasteiger partial charge in [0, 0.05) is 16.2 Å². The van der Waals surface area contributed by atoms with Gasteiger partial charge >= 0.3 is 6.01 Å². The smallest absolute Gasteiger partial charge is 0.323 e. The lowest BCUT2D eigenvalue weighted by molar-refractivity contribution is -0.385. The van der Waals surface area contributed by atoms with E-state index in [0.717, 1.165) is 0 Å². The standard InChI is InChI=1S/C12H7BrN4O3/c1-7-2-9(6-14)16-12(15-7)20-11-4-8(13)3-10(5-11)17(18)19/h2-5H,1H3. The van der Waals surface area contributed by atoms with Gasteiger partial charge in [0.1, 0.15) is 17.5 Å². The number of nitro groups is 1. The van der Waals surface area contributed by atoms with Crippen LogP contribution in [0.2, 0.25) is 0 Å². The first kappa shape index (κ1) is 13.9. The molecule has 1 aromatic heterocycles. The Morgan fingerprint density at radius 3 is 2.75 bits per heavy atom. The zero-order valence-electron chi connectivity index (χ0n) is 10.2. The van der Waals surface area contributed by atoms with E-state index in [4.69, 9.17) is 10.00 Å². The first-order chi connectivity index (χ1) is 9.47. The van der Waals surface area contributed by atoms with Crippen LogP contribution < -0.4 is 4.74 Å². The first-order valence-electron chi connectivity index (χ1n) is 5.36. The van der Waals surface area contributed by atoms with E-state index in [1.165, 1.54) is 18.2 Å². The Morgan fingerprint density at radius 2 is 2.10 bits per heavy atom. The molecular formula is C12H7BrN4O3. The SMILES string of the molecule is Cc1cc(C#N)nc(Oc2cc(Br)cc([N+](=O)[O-])c2)n1. The highest BCUT2D eigenvalue weighted by molar-refractivity contribution is 9.10. The fourth-order valence-corrected chi connectivity index (χ4v) is 1.92. The average molecular weight is 335 g/mol. The summed E-state index contributed by atoms with van der Waals surface area (Å²) in [5.74, 6) is 0.209. The van der Waals surface area contributed by atoms with Gasteiger partial charge in [-0.2, -0.15) is 10.2 Å². The van der Waals surface area contributed by atoms with E-state index < -0.39 is 4.92 Å². The van der Waals surface area contributed by atoms with Gasteiger partial charge in [-0.3, -0.25) is 10.1 Å². The third-order valence-electron chi connectivity index (χ3n) is 2.22. The van der Waals surface area contributed by atoms with E-state index in [1.807, 2.05) is 6.07 Å². The fourth-order valence-electron chi connectivity index (χ4n) is 1.46. The summed E-state index contributed by atoms with van der Waals surface area (Å²) in [5, 5.41) is 19.6. The topological polar surface area (TPSA) is 102 Å². The third kappa shape index (κ3) is 3.27. The molecule has 0 saturated heterocycles. The molecule has 0 amide bonds. The summed E-state index contributed by atoms with van der Waals surface area (Å²) >= 11 is 3.16. The van der Waals surface area contributed by atoms with E-state index in [-0.39, 0.29) is 23.1 Å². The van der Waals surface area contributed by atoms with Gasteiger partial charge in [0.15, 0.2) is 0 Å². The second kappa shape index (κ2) is 5.63. The second-order valence-electron chi connectivity index (χ2n) is 3.79. The van der Waals surface area contributed by atoms with Crippen LogP contribution in [0.25, 0.3) is 0 Å². The van der Waals surface area contributed by atoms with E-state index in [0.29, 0.717) is 10.2 Å². The van der Waals surface area contributed by atoms with Crippen LogP contribution in [0.3, 0.4) is 0 Å². The van der Waals surface area contributed by atoms with E-state index in [1.54, 1.807) is 13.0 Å². The molecule has 2 rings (SSSR count). The number of hydrogen-bond donors (Lipinski definition) is 0. The second-order valence-corrected chi connectivity index (χ2v) is 4.71. The summed E-state index contributed by atoms with van der Waals surface area (Å²) in [5.41, 5.74) is 0.607. The number of aryl methyl sites for hydroxylation is 1. The quantitative estimate of drug-likeness (QED) is 0.631. The molecule has 0 saturated carbocycles. The van der Waals surface area contributed by atoms with Gasteiger partial charge < -0.3 is 4.74 Å². The zero-order chi connectivity index (χ0) is 14.7. The average Bonchev–Trinajstić information content (AvgIpc) is 2.37. The maximum atomic E-state index is 10.8. The summed E-state index contributed by atoms with van der Waals surface area (Å²) in [6.45, 7) is 1.69. The van der Waals surface area contributed by atoms with Crippen molar-refractivity contribution in [1.82, 2.24) is 9.97 Å². The minimum absolute atomic E-state index is 0.0334. The number of nitro benzene ring substituents is 1. The Hall–Kier alpha value is -2.53. The molecule has 20 heavy (non-hydrogen) atoms. The molecule has 1 heterocycles. The van der Waals surface area contributed by atoms with Crippen molar-refractivity contribution in [3.8, 4) is 17.8 Å². The Balaban J connectivity index is 2.37. The Kier molecular flexibility index (Phi) is 3.91. The lowest BCUT2D eigenvalue weighted by atomic mass is 10.3. The van der Waals surface area contributed by atoms with Gasteiger partial charge in [-0.15, -0.1) is 0 Å². The molecule has 0 fully saturated rings. The summed E-state index contributed by atoms with van der Waals surface area (Å²) in [4.78, 5) is 18.1. The van der Waals surface area contributed by atoms with Crippen molar-refractivity contribution in [1.29, 1.82) is 5.26 Å². The lowest BCUT2D eigenvalue weighted by Crippen LogP contribution is -1.97. The maximum absolute atomic E-state index is 10.8. The molecular weight excluding hydrogens is 328 g/mol. The monoisotopic (exact) mass is 334 g/mol. The van der Waals surface area contributed by atoms with Gasteiger partial charge in [-0.25, -0.2) is 4.98 Å². The van der Waals surface area contributed by atoms with Gasteiger partial charge in [0.2, 0.25) is 0 Å². The number of non-ortho nitro benzene ring substituents is 1. The number of halogens is 1. The molecule has 0 radical (unpaired) electrons. The van der Waals surface area contributed by atoms with Gasteiger partial charge in [0.05, 0.1) is 11.0 Å². The molecule has 0 aliphatic heterocycles. The highest BCUT2D eigenvalue weighted by Gasteiger charge is 2.11. The molecule has 7 nitrogen and oxygen atoms in total. The summed E-state index contributed by atoms with van der Waals surface area (Å²) < 4.78 is 5.86. The van der Waals surface area contributed by atoms with Crippen LogP contribution in [-0.2, 0) is 0 Å². The normalized spacial score (nSPS) is 9.85. The summed E-state index contributed by atoms with van der Waals surface area (Å²) in [7, 11) is 0. The number of nitrogens with zero attached hydrogens (tertiary/aromatic N) is 4. The van der Waals surface area contributed by atoms with Crippen LogP contribution in [0, 0.1) is 28.4 Å². The molecule has 0 spiro atoms. The minimum Gasteiger partial charge on any atom is -0.424 e. The highest BCUT2D eigenvalue weighted by Crippen LogP contribution is 2.28. The maximum Gasteiger partial charge on any atom is 0.323 e. The Morgan fingerprint density at radius 1 is 1.35 bits per heavy atom. The Bertz CT molecular complexity index is 727. The number of rotatable bonds is 3. The molecule has 8 heteroatoms. The predicted octanol–water partition coefficient (Wildman–Crippen LogP) is 3.12. The van der Waals surface area contributed by atoms with E-state index in [2.05, 4.69) is 25.9 Å². The minimum atomic E-state index is -0.532. The van der Waals surface area contributed by atoms with Gasteiger partial charge in [0.25, 0.3) is 5.69 Å². The van der Waals surface area contributed by atoms with Crippen LogP contribution in [0.4, 0.5) is 5.69 Å². The van der Waals surface area contributed by atoms with E-state index in [9.17, 15) is 10.1 Å². The molecule has 0 aliphatic rings. The van der Waals surface area contributed by atoms with Gasteiger partial charge in [-0.1, -0.05) is 15.9 Å². The van der Waals surface area contributed by atoms with E-state index >= 15 is 0 Å². The molecule has 100 valence electrons. The van der Waals surface area contributed by atoms with Crippen LogP contribution >= 0.6 is 15.9 Å². The van der Waals surface area contributed by atoms with Crippen LogP contribution in [-0.4, -0.2) is 14.9 Å². The van der Waals surface area contributed by atoms with Gasteiger partial charge in [-0.05, 0) is 19.1 Å². The van der Waals surface area contributed by atoms with Crippen LogP contribution in [0.1, 0.15) is 11.4 Å². The highest BCUT2D eigenvalue weighted by atomic mass is 79.9. The van der Waals surface area contributed by atoms with Crippen molar-refractivity contribution in [3.63, 3.8) is 0 Å². The van der Waals surface area contributed by atoms with Crippen molar-refractivity contribution in [2.45, 2.75) is 6.92 Å². The van der Waals surface area contributed by atoms with Crippen molar-refractivity contribution in [3.05, 3.63) is 50.2 Å². The number of nitriles is 1. The molecule has 2 aromatic rings. The lowest BCUT2D eigenvalue weighted by Gasteiger charge is -2.05. The summed E-state index contributed by atoms with van der Waals surface area (Å²) in [6.07, 6.45) is 0. The van der Waals surface area contributed by atoms with Crippen molar-refractivity contribution in [2.24, 2.45) is 0 Å². The molecule has 0 unspecified atom stereocenters. The van der Waals surface area contributed by atoms with Crippen LogP contribution in [0.15, 0.2) is 28.7 Å². The molecule has 0 aliphatic carbocycles. The molecule has 0 bridgehead atoms. The molecule has 0 atom stereocenters. The third-order valence-corrected chi connectivity index (χ3v) is 2.68. The first-order valence-corrected chi connectivity index (χ1v) is 6.16. The molecule has 1 aromatic carbocycles. The largest absolute Gasteiger partial charge is 0.424 e. The number of ether oxygens (including phenoxy) is 1. The van der Waals surface area contributed by atoms with Crippen molar-refractivity contribution >= 4 is 21.6 Å².